The van der Waals surface area contributed by atoms with Crippen LogP contribution in [0.4, 0.5) is 0 Å². The van der Waals surface area contributed by atoms with Gasteiger partial charge in [0.2, 0.25) is 5.91 Å². The van der Waals surface area contributed by atoms with Gasteiger partial charge in [-0.05, 0) is 44.2 Å². The van der Waals surface area contributed by atoms with E-state index in [0.717, 1.165) is 23.0 Å². The standard InChI is InChI=1S/C21H27N5OS/c1-12-8-7-11-17(13(12)2)23-20(27)14(3)28-21-24-18-10-6-5-9-16(18)19-22-15(4)25-26(19)21/h5-6,9-10,12-14,17H,7-8,11H2,1-4H3,(H,23,27). The lowest BCUT2D eigenvalue weighted by Crippen LogP contribution is -2.46. The highest BCUT2D eigenvalue weighted by atomic mass is 32.2. The number of aromatic nitrogens is 4. The minimum absolute atomic E-state index is 0.0656. The molecule has 1 aliphatic rings. The molecule has 1 amide bonds. The third-order valence-corrected chi connectivity index (χ3v) is 6.98. The van der Waals surface area contributed by atoms with E-state index in [-0.39, 0.29) is 17.2 Å². The number of hydrogen-bond donors (Lipinski definition) is 1. The number of carbonyl (C=O) groups is 1. The fraction of sp³-hybridized carbons (Fsp3) is 0.524. The summed E-state index contributed by atoms with van der Waals surface area (Å²) < 4.78 is 1.76. The molecule has 3 aromatic rings. The van der Waals surface area contributed by atoms with Crippen molar-refractivity contribution in [3.05, 3.63) is 30.1 Å². The predicted molar refractivity (Wildman–Crippen MR) is 112 cm³/mol. The fourth-order valence-electron chi connectivity index (χ4n) is 4.01. The van der Waals surface area contributed by atoms with E-state index in [4.69, 9.17) is 4.98 Å². The van der Waals surface area contributed by atoms with E-state index < -0.39 is 0 Å². The van der Waals surface area contributed by atoms with Crippen LogP contribution in [-0.4, -0.2) is 36.8 Å². The minimum Gasteiger partial charge on any atom is -0.352 e. The largest absolute Gasteiger partial charge is 0.352 e. The summed E-state index contributed by atoms with van der Waals surface area (Å²) in [5.41, 5.74) is 1.65. The smallest absolute Gasteiger partial charge is 0.233 e. The summed E-state index contributed by atoms with van der Waals surface area (Å²) in [6, 6.07) is 8.17. The number of nitrogens with zero attached hydrogens (tertiary/aromatic N) is 4. The van der Waals surface area contributed by atoms with Crippen LogP contribution in [0.2, 0.25) is 0 Å². The molecule has 4 atom stereocenters. The first kappa shape index (κ1) is 19.2. The third kappa shape index (κ3) is 3.60. The molecule has 1 fully saturated rings. The summed E-state index contributed by atoms with van der Waals surface area (Å²) in [4.78, 5) is 22.2. The zero-order valence-corrected chi connectivity index (χ0v) is 17.7. The second-order valence-corrected chi connectivity index (χ2v) is 9.26. The van der Waals surface area contributed by atoms with Crippen LogP contribution < -0.4 is 5.32 Å². The lowest BCUT2D eigenvalue weighted by Gasteiger charge is -2.35. The second-order valence-electron chi connectivity index (χ2n) is 7.95. The number of para-hydroxylation sites is 1. The summed E-state index contributed by atoms with van der Waals surface area (Å²) in [6.45, 7) is 8.34. The average Bonchev–Trinajstić information content (AvgIpc) is 3.07. The molecular formula is C21H27N5OS. The van der Waals surface area contributed by atoms with Crippen LogP contribution in [0, 0.1) is 18.8 Å². The maximum atomic E-state index is 12.9. The number of benzene rings is 1. The number of rotatable bonds is 4. The Hall–Kier alpha value is -2.15. The van der Waals surface area contributed by atoms with Crippen LogP contribution >= 0.6 is 11.8 Å². The maximum absolute atomic E-state index is 12.9. The normalized spacial score (nSPS) is 23.8. The van der Waals surface area contributed by atoms with Gasteiger partial charge in [-0.25, -0.2) is 9.97 Å². The topological polar surface area (TPSA) is 72.2 Å². The van der Waals surface area contributed by atoms with Crippen molar-refractivity contribution in [2.45, 2.75) is 63.4 Å². The van der Waals surface area contributed by atoms with Gasteiger partial charge in [0.25, 0.3) is 0 Å². The molecule has 148 valence electrons. The molecule has 0 saturated heterocycles. The Morgan fingerprint density at radius 1 is 1.25 bits per heavy atom. The number of fused-ring (bicyclic) bond motifs is 3. The van der Waals surface area contributed by atoms with Gasteiger partial charge in [0, 0.05) is 11.4 Å². The van der Waals surface area contributed by atoms with Gasteiger partial charge in [0.15, 0.2) is 10.8 Å². The lowest BCUT2D eigenvalue weighted by atomic mass is 9.78. The van der Waals surface area contributed by atoms with Crippen molar-refractivity contribution < 1.29 is 4.79 Å². The van der Waals surface area contributed by atoms with E-state index in [1.807, 2.05) is 38.1 Å². The van der Waals surface area contributed by atoms with Crippen molar-refractivity contribution in [2.75, 3.05) is 0 Å². The Morgan fingerprint density at radius 3 is 2.86 bits per heavy atom. The molecular weight excluding hydrogens is 370 g/mol. The molecule has 0 spiro atoms. The van der Waals surface area contributed by atoms with Gasteiger partial charge in [0.1, 0.15) is 5.82 Å². The van der Waals surface area contributed by atoms with E-state index in [2.05, 4.69) is 29.2 Å². The Balaban J connectivity index is 1.57. The Kier molecular flexibility index (Phi) is 5.27. The van der Waals surface area contributed by atoms with E-state index in [9.17, 15) is 4.79 Å². The van der Waals surface area contributed by atoms with Crippen molar-refractivity contribution in [1.29, 1.82) is 0 Å². The highest BCUT2D eigenvalue weighted by molar-refractivity contribution is 8.00. The quantitative estimate of drug-likeness (QED) is 0.532. The number of amides is 1. The van der Waals surface area contributed by atoms with Crippen LogP contribution in [-0.2, 0) is 4.79 Å². The van der Waals surface area contributed by atoms with Crippen LogP contribution in [0.1, 0.15) is 45.9 Å². The molecule has 2 heterocycles. The van der Waals surface area contributed by atoms with E-state index in [1.165, 1.54) is 24.6 Å². The Labute approximate surface area is 169 Å². The van der Waals surface area contributed by atoms with Gasteiger partial charge < -0.3 is 5.32 Å². The Bertz CT molecular complexity index is 1020. The van der Waals surface area contributed by atoms with Gasteiger partial charge in [0.05, 0.1) is 10.8 Å². The first-order chi connectivity index (χ1) is 13.4. The summed E-state index contributed by atoms with van der Waals surface area (Å²) in [6.07, 6.45) is 3.50. The van der Waals surface area contributed by atoms with E-state index in [1.54, 1.807) is 4.52 Å². The fourth-order valence-corrected chi connectivity index (χ4v) is 4.88. The molecule has 0 aliphatic heterocycles. The van der Waals surface area contributed by atoms with Crippen molar-refractivity contribution in [3.8, 4) is 0 Å². The van der Waals surface area contributed by atoms with Crippen LogP contribution in [0.3, 0.4) is 0 Å². The SMILES string of the molecule is Cc1nc2c3ccccc3nc(SC(C)C(=O)NC3CCCC(C)C3C)n2n1. The first-order valence-corrected chi connectivity index (χ1v) is 10.9. The van der Waals surface area contributed by atoms with Crippen molar-refractivity contribution >= 4 is 34.2 Å². The molecule has 2 aromatic heterocycles. The molecule has 7 heteroatoms. The zero-order valence-electron chi connectivity index (χ0n) is 16.8. The molecule has 6 nitrogen and oxygen atoms in total. The van der Waals surface area contributed by atoms with Gasteiger partial charge in [-0.1, -0.05) is 50.6 Å². The molecule has 1 aliphatic carbocycles. The van der Waals surface area contributed by atoms with Gasteiger partial charge in [-0.2, -0.15) is 4.52 Å². The molecule has 0 radical (unpaired) electrons. The monoisotopic (exact) mass is 397 g/mol. The zero-order chi connectivity index (χ0) is 19.8. The highest BCUT2D eigenvalue weighted by Crippen LogP contribution is 2.31. The molecule has 28 heavy (non-hydrogen) atoms. The van der Waals surface area contributed by atoms with Crippen molar-refractivity contribution in [3.63, 3.8) is 0 Å². The number of thioether (sulfide) groups is 1. The summed E-state index contributed by atoms with van der Waals surface area (Å²) in [7, 11) is 0. The predicted octanol–water partition coefficient (Wildman–Crippen LogP) is 4.01. The van der Waals surface area contributed by atoms with Gasteiger partial charge in [-0.15, -0.1) is 5.10 Å². The van der Waals surface area contributed by atoms with Gasteiger partial charge in [-0.3, -0.25) is 4.79 Å². The minimum atomic E-state index is -0.259. The molecule has 1 N–H and O–H groups in total. The van der Waals surface area contributed by atoms with E-state index >= 15 is 0 Å². The summed E-state index contributed by atoms with van der Waals surface area (Å²) >= 11 is 1.44. The average molecular weight is 398 g/mol. The summed E-state index contributed by atoms with van der Waals surface area (Å²) in [5, 5.41) is 9.19. The lowest BCUT2D eigenvalue weighted by molar-refractivity contribution is -0.121. The number of hydrogen-bond acceptors (Lipinski definition) is 5. The Morgan fingerprint density at radius 2 is 2.04 bits per heavy atom. The number of aryl methyl sites for hydroxylation is 1. The molecule has 0 bridgehead atoms. The van der Waals surface area contributed by atoms with Crippen LogP contribution in [0.15, 0.2) is 29.4 Å². The van der Waals surface area contributed by atoms with E-state index in [0.29, 0.717) is 22.8 Å². The molecule has 1 aromatic carbocycles. The third-order valence-electron chi connectivity index (χ3n) is 5.94. The first-order valence-electron chi connectivity index (χ1n) is 10.0. The van der Waals surface area contributed by atoms with Gasteiger partial charge >= 0.3 is 0 Å². The van der Waals surface area contributed by atoms with Crippen LogP contribution in [0.5, 0.6) is 0 Å². The molecule has 4 unspecified atom stereocenters. The van der Waals surface area contributed by atoms with Crippen LogP contribution in [0.25, 0.3) is 16.6 Å². The maximum Gasteiger partial charge on any atom is 0.233 e. The number of nitrogens with one attached hydrogen (secondary N) is 1. The van der Waals surface area contributed by atoms with Crippen molar-refractivity contribution in [1.82, 2.24) is 24.9 Å². The van der Waals surface area contributed by atoms with Crippen molar-refractivity contribution in [2.24, 2.45) is 11.8 Å². The highest BCUT2D eigenvalue weighted by Gasteiger charge is 2.30. The second kappa shape index (κ2) is 7.70. The number of carbonyl (C=O) groups excluding carboxylic acids is 1. The summed E-state index contributed by atoms with van der Waals surface area (Å²) in [5.74, 6) is 1.93. The molecule has 1 saturated carbocycles. The molecule has 4 rings (SSSR count).